The van der Waals surface area contributed by atoms with Crippen molar-refractivity contribution >= 4 is 34.1 Å². The molecule has 2 aromatic heterocycles. The van der Waals surface area contributed by atoms with Gasteiger partial charge in [0.05, 0.1) is 6.54 Å². The largest absolute Gasteiger partial charge is 0.310 e. The van der Waals surface area contributed by atoms with Crippen LogP contribution in [0.1, 0.15) is 17.5 Å². The SMILES string of the molecule is CC(=O)Nc1ncc(CN2CCN(CC(=O)Nc3cccc(C)n3)CC2)s1. The summed E-state index contributed by atoms with van der Waals surface area (Å²) < 4.78 is 0. The first kappa shape index (κ1) is 19.4. The molecular formula is C18H24N6O2S. The molecule has 3 heterocycles. The Morgan fingerprint density at radius 3 is 2.59 bits per heavy atom. The Morgan fingerprint density at radius 1 is 1.15 bits per heavy atom. The Labute approximate surface area is 162 Å². The van der Waals surface area contributed by atoms with Crippen LogP contribution in [0.4, 0.5) is 10.9 Å². The number of nitrogens with zero attached hydrogens (tertiary/aromatic N) is 4. The van der Waals surface area contributed by atoms with E-state index in [1.54, 1.807) is 6.07 Å². The molecule has 1 aliphatic heterocycles. The first-order valence-electron chi connectivity index (χ1n) is 8.88. The minimum Gasteiger partial charge on any atom is -0.310 e. The number of carbonyl (C=O) groups excluding carboxylic acids is 2. The average Bonchev–Trinajstić information content (AvgIpc) is 3.02. The van der Waals surface area contributed by atoms with E-state index in [0.717, 1.165) is 43.3 Å². The van der Waals surface area contributed by atoms with Gasteiger partial charge < -0.3 is 10.6 Å². The summed E-state index contributed by atoms with van der Waals surface area (Å²) in [6, 6.07) is 5.58. The number of hydrogen-bond donors (Lipinski definition) is 2. The fourth-order valence-corrected chi connectivity index (χ4v) is 3.81. The monoisotopic (exact) mass is 388 g/mol. The van der Waals surface area contributed by atoms with Gasteiger partial charge in [-0.05, 0) is 19.1 Å². The van der Waals surface area contributed by atoms with Crippen molar-refractivity contribution in [1.29, 1.82) is 0 Å². The number of aromatic nitrogens is 2. The van der Waals surface area contributed by atoms with Crippen LogP contribution in [0.3, 0.4) is 0 Å². The van der Waals surface area contributed by atoms with Crippen molar-refractivity contribution in [2.75, 3.05) is 43.4 Å². The Morgan fingerprint density at radius 2 is 1.89 bits per heavy atom. The zero-order chi connectivity index (χ0) is 19.2. The van der Waals surface area contributed by atoms with Crippen LogP contribution in [0, 0.1) is 6.92 Å². The highest BCUT2D eigenvalue weighted by molar-refractivity contribution is 7.15. The number of amides is 2. The van der Waals surface area contributed by atoms with Crippen molar-refractivity contribution in [3.63, 3.8) is 0 Å². The second-order valence-electron chi connectivity index (χ2n) is 6.58. The third-order valence-electron chi connectivity index (χ3n) is 4.20. The lowest BCUT2D eigenvalue weighted by Crippen LogP contribution is -2.48. The van der Waals surface area contributed by atoms with Crippen molar-refractivity contribution in [2.24, 2.45) is 0 Å². The van der Waals surface area contributed by atoms with Crippen molar-refractivity contribution in [1.82, 2.24) is 19.8 Å². The summed E-state index contributed by atoms with van der Waals surface area (Å²) in [4.78, 5) is 37.4. The first-order valence-corrected chi connectivity index (χ1v) is 9.70. The molecule has 0 spiro atoms. The van der Waals surface area contributed by atoms with Gasteiger partial charge in [0.1, 0.15) is 5.82 Å². The molecule has 144 valence electrons. The van der Waals surface area contributed by atoms with Gasteiger partial charge in [-0.25, -0.2) is 9.97 Å². The van der Waals surface area contributed by atoms with Gasteiger partial charge >= 0.3 is 0 Å². The zero-order valence-corrected chi connectivity index (χ0v) is 16.4. The fourth-order valence-electron chi connectivity index (χ4n) is 2.91. The van der Waals surface area contributed by atoms with E-state index in [-0.39, 0.29) is 11.8 Å². The molecule has 0 aromatic carbocycles. The van der Waals surface area contributed by atoms with E-state index < -0.39 is 0 Å². The zero-order valence-electron chi connectivity index (χ0n) is 15.6. The summed E-state index contributed by atoms with van der Waals surface area (Å²) in [6.07, 6.45) is 1.81. The topological polar surface area (TPSA) is 90.5 Å². The molecule has 1 aliphatic rings. The molecule has 9 heteroatoms. The minimum atomic E-state index is -0.108. The van der Waals surface area contributed by atoms with Gasteiger partial charge in [-0.1, -0.05) is 6.07 Å². The van der Waals surface area contributed by atoms with Crippen LogP contribution in [0.15, 0.2) is 24.4 Å². The van der Waals surface area contributed by atoms with Gasteiger partial charge in [-0.2, -0.15) is 0 Å². The molecule has 0 aliphatic carbocycles. The van der Waals surface area contributed by atoms with Crippen LogP contribution in [0.25, 0.3) is 0 Å². The number of piperazine rings is 1. The van der Waals surface area contributed by atoms with E-state index >= 15 is 0 Å². The highest BCUT2D eigenvalue weighted by Crippen LogP contribution is 2.20. The number of anilines is 2. The maximum atomic E-state index is 12.2. The quantitative estimate of drug-likeness (QED) is 0.781. The minimum absolute atomic E-state index is 0.0380. The summed E-state index contributed by atoms with van der Waals surface area (Å²) in [6.45, 7) is 8.02. The van der Waals surface area contributed by atoms with Gasteiger partial charge in [0.2, 0.25) is 11.8 Å². The second-order valence-corrected chi connectivity index (χ2v) is 7.69. The number of nitrogens with one attached hydrogen (secondary N) is 2. The Kier molecular flexibility index (Phi) is 6.49. The highest BCUT2D eigenvalue weighted by atomic mass is 32.1. The molecule has 0 unspecified atom stereocenters. The predicted octanol–water partition coefficient (Wildman–Crippen LogP) is 1.56. The molecule has 0 saturated carbocycles. The lowest BCUT2D eigenvalue weighted by molar-refractivity contribution is -0.118. The van der Waals surface area contributed by atoms with Gasteiger partial charge in [0.25, 0.3) is 0 Å². The first-order chi connectivity index (χ1) is 13.0. The molecule has 27 heavy (non-hydrogen) atoms. The van der Waals surface area contributed by atoms with E-state index in [2.05, 4.69) is 30.4 Å². The average molecular weight is 388 g/mol. The van der Waals surface area contributed by atoms with Crippen molar-refractivity contribution in [2.45, 2.75) is 20.4 Å². The molecule has 2 amide bonds. The summed E-state index contributed by atoms with van der Waals surface area (Å²) in [5.41, 5.74) is 0.881. The van der Waals surface area contributed by atoms with Crippen LogP contribution >= 0.6 is 11.3 Å². The summed E-state index contributed by atoms with van der Waals surface area (Å²) in [5, 5.41) is 6.20. The van der Waals surface area contributed by atoms with E-state index in [1.807, 2.05) is 25.3 Å². The smallest absolute Gasteiger partial charge is 0.239 e. The normalized spacial score (nSPS) is 15.5. The highest BCUT2D eigenvalue weighted by Gasteiger charge is 2.20. The van der Waals surface area contributed by atoms with E-state index in [9.17, 15) is 9.59 Å². The number of thiazole rings is 1. The predicted molar refractivity (Wildman–Crippen MR) is 106 cm³/mol. The lowest BCUT2D eigenvalue weighted by Gasteiger charge is -2.33. The number of aryl methyl sites for hydroxylation is 1. The van der Waals surface area contributed by atoms with E-state index in [0.29, 0.717) is 17.5 Å². The van der Waals surface area contributed by atoms with E-state index in [1.165, 1.54) is 18.3 Å². The van der Waals surface area contributed by atoms with Crippen molar-refractivity contribution < 1.29 is 9.59 Å². The van der Waals surface area contributed by atoms with Crippen LogP contribution in [0.5, 0.6) is 0 Å². The van der Waals surface area contributed by atoms with Crippen LogP contribution in [0.2, 0.25) is 0 Å². The van der Waals surface area contributed by atoms with Gasteiger partial charge in [-0.15, -0.1) is 11.3 Å². The Hall–Kier alpha value is -2.36. The maximum Gasteiger partial charge on any atom is 0.239 e. The lowest BCUT2D eigenvalue weighted by atomic mass is 10.3. The van der Waals surface area contributed by atoms with Crippen molar-refractivity contribution in [3.8, 4) is 0 Å². The Bertz CT molecular complexity index is 801. The molecule has 0 radical (unpaired) electrons. The summed E-state index contributed by atoms with van der Waals surface area (Å²) in [5.74, 6) is 0.450. The number of carbonyl (C=O) groups is 2. The van der Waals surface area contributed by atoms with E-state index in [4.69, 9.17) is 0 Å². The molecule has 0 atom stereocenters. The molecule has 3 rings (SSSR count). The number of rotatable bonds is 6. The Balaban J connectivity index is 1.41. The molecular weight excluding hydrogens is 364 g/mol. The maximum absolute atomic E-state index is 12.2. The summed E-state index contributed by atoms with van der Waals surface area (Å²) >= 11 is 1.50. The second kappa shape index (κ2) is 9.03. The van der Waals surface area contributed by atoms with Crippen LogP contribution in [-0.2, 0) is 16.1 Å². The fraction of sp³-hybridized carbons (Fsp3) is 0.444. The molecule has 2 aromatic rings. The third-order valence-corrected chi connectivity index (χ3v) is 5.10. The molecule has 8 nitrogen and oxygen atoms in total. The molecule has 1 fully saturated rings. The molecule has 1 saturated heterocycles. The van der Waals surface area contributed by atoms with Gasteiger partial charge in [0.15, 0.2) is 5.13 Å². The van der Waals surface area contributed by atoms with Crippen LogP contribution < -0.4 is 10.6 Å². The van der Waals surface area contributed by atoms with Gasteiger partial charge in [-0.3, -0.25) is 19.4 Å². The molecule has 2 N–H and O–H groups in total. The van der Waals surface area contributed by atoms with Crippen molar-refractivity contribution in [3.05, 3.63) is 35.0 Å². The summed E-state index contributed by atoms with van der Waals surface area (Å²) in [7, 11) is 0. The molecule has 0 bridgehead atoms. The van der Waals surface area contributed by atoms with Gasteiger partial charge in [0, 0.05) is 56.4 Å². The number of pyridine rings is 1. The number of hydrogen-bond acceptors (Lipinski definition) is 7. The standard InChI is InChI=1S/C18H24N6O2S/c1-13-4-3-5-16(20-13)22-17(26)12-24-8-6-23(7-9-24)11-15-10-19-18(27-15)21-14(2)25/h3-5,10H,6-9,11-12H2,1-2H3,(H,19,21,25)(H,20,22,26). The third kappa shape index (κ3) is 6.09. The van der Waals surface area contributed by atoms with Crippen LogP contribution in [-0.4, -0.2) is 64.3 Å².